The van der Waals surface area contributed by atoms with Gasteiger partial charge in [0.15, 0.2) is 0 Å². The maximum Gasteiger partial charge on any atom is 0.247 e. The highest BCUT2D eigenvalue weighted by atomic mass is 16.5. The normalized spacial score (nSPS) is 13.5. The molecule has 2 aromatic carbocycles. The molecule has 0 fully saturated rings. The number of aromatic nitrogens is 2. The third-order valence-corrected chi connectivity index (χ3v) is 7.50. The van der Waals surface area contributed by atoms with Crippen LogP contribution < -0.4 is 30.9 Å². The van der Waals surface area contributed by atoms with Crippen LogP contribution in [-0.4, -0.2) is 72.7 Å². The largest absolute Gasteiger partial charge is 0.494 e. The van der Waals surface area contributed by atoms with Crippen LogP contribution in [0.1, 0.15) is 38.7 Å². The Morgan fingerprint density at radius 1 is 1.26 bits per heavy atom. The number of methoxy groups -OCH3 is 1. The van der Waals surface area contributed by atoms with E-state index >= 15 is 0 Å². The molecular weight excluding hydrogens is 544 g/mol. The summed E-state index contributed by atoms with van der Waals surface area (Å²) in [5.41, 5.74) is 5.20. The van der Waals surface area contributed by atoms with Crippen LogP contribution in [0.25, 0.3) is 16.6 Å². The number of fused-ring (bicyclic) bond motifs is 1. The van der Waals surface area contributed by atoms with Crippen LogP contribution >= 0.6 is 0 Å². The molecule has 0 spiro atoms. The lowest BCUT2D eigenvalue weighted by atomic mass is 10.1. The molecule has 0 radical (unpaired) electrons. The smallest absolute Gasteiger partial charge is 0.247 e. The number of hydrogen-bond acceptors (Lipinski definition) is 9. The lowest BCUT2D eigenvalue weighted by Crippen LogP contribution is -2.38. The van der Waals surface area contributed by atoms with Crippen LogP contribution in [0.3, 0.4) is 0 Å². The predicted octanol–water partition coefficient (Wildman–Crippen LogP) is 4.09. The zero-order valence-corrected chi connectivity index (χ0v) is 25.6. The summed E-state index contributed by atoms with van der Waals surface area (Å²) in [6, 6.07) is 10.3. The van der Waals surface area contributed by atoms with Crippen LogP contribution in [-0.2, 0) is 11.8 Å². The second kappa shape index (κ2) is 15.2. The van der Waals surface area contributed by atoms with Crippen molar-refractivity contribution in [3.05, 3.63) is 60.8 Å². The molecule has 1 aliphatic rings. The zero-order valence-electron chi connectivity index (χ0n) is 25.6. The number of aryl methyl sites for hydroxylation is 1. The summed E-state index contributed by atoms with van der Waals surface area (Å²) in [5, 5.41) is 28.1. The molecule has 1 aromatic heterocycles. The Kier molecular flexibility index (Phi) is 11.2. The molecule has 5 N–H and O–H groups in total. The molecule has 0 saturated heterocycles. The number of ether oxygens (including phenoxy) is 1. The molecule has 1 atom stereocenters. The molecule has 1 amide bonds. The number of hydrogen-bond donors (Lipinski definition) is 5. The van der Waals surface area contributed by atoms with Crippen molar-refractivity contribution < 1.29 is 14.6 Å². The van der Waals surface area contributed by atoms with Gasteiger partial charge in [0.25, 0.3) is 0 Å². The predicted molar refractivity (Wildman–Crippen MR) is 176 cm³/mol. The second-order valence-corrected chi connectivity index (χ2v) is 10.4. The van der Waals surface area contributed by atoms with Crippen LogP contribution in [0.2, 0.25) is 0 Å². The number of anilines is 3. The summed E-state index contributed by atoms with van der Waals surface area (Å²) in [6.07, 6.45) is 7.66. The van der Waals surface area contributed by atoms with Gasteiger partial charge in [-0.3, -0.25) is 9.48 Å². The minimum absolute atomic E-state index is 0.158. The van der Waals surface area contributed by atoms with Gasteiger partial charge < -0.3 is 36.0 Å². The van der Waals surface area contributed by atoms with E-state index in [1.807, 2.05) is 36.1 Å². The highest BCUT2D eigenvalue weighted by molar-refractivity contribution is 6.10. The topological polar surface area (TPSA) is 128 Å². The van der Waals surface area contributed by atoms with Gasteiger partial charge in [0.2, 0.25) is 5.91 Å². The standard InChI is InChI=1S/C32H44N8O3/c1-6-13-40(14-12-33-24(7-2)11-15-41)29-19-30(43-5)27(17-26(29)38-32(42)8-3)37-31-18-25(34-21-35-31)22-9-10-28-23(16-22)20-36-39(28)4/h8-10,16-20,24,33-34,41H,3,6-7,11-15,21H2,1-2,4-5H3,(H,35,37)(H,38,42). The van der Waals surface area contributed by atoms with Gasteiger partial charge in [-0.2, -0.15) is 5.10 Å². The lowest BCUT2D eigenvalue weighted by Gasteiger charge is -2.29. The Labute approximate surface area is 253 Å². The minimum atomic E-state index is -0.298. The van der Waals surface area contributed by atoms with Crippen LogP contribution in [0.15, 0.2) is 60.3 Å². The quantitative estimate of drug-likeness (QED) is 0.168. The maximum atomic E-state index is 12.5. The first kappa shape index (κ1) is 31.6. The molecular formula is C32H44N8O3. The number of amidine groups is 1. The SMILES string of the molecule is C=CC(=O)Nc1cc(NC2=NCNC(c3ccc4c(cnn4C)c3)=C2)c(OC)cc1N(CCC)CCNC(CC)CCO. The highest BCUT2D eigenvalue weighted by Gasteiger charge is 2.19. The number of aliphatic imine (C=N–C) groups is 1. The van der Waals surface area contributed by atoms with E-state index in [1.54, 1.807) is 7.11 Å². The summed E-state index contributed by atoms with van der Waals surface area (Å²) in [6.45, 7) is 10.7. The van der Waals surface area contributed by atoms with E-state index in [1.165, 1.54) is 6.08 Å². The maximum absolute atomic E-state index is 12.5. The van der Waals surface area contributed by atoms with Gasteiger partial charge in [0.1, 0.15) is 18.3 Å². The molecule has 0 saturated carbocycles. The average Bonchev–Trinajstić information content (AvgIpc) is 3.40. The molecule has 11 heteroatoms. The fraction of sp³-hybridized carbons (Fsp3) is 0.406. The van der Waals surface area contributed by atoms with Gasteiger partial charge in [0, 0.05) is 62.6 Å². The number of benzene rings is 2. The highest BCUT2D eigenvalue weighted by Crippen LogP contribution is 2.38. The van der Waals surface area contributed by atoms with Crippen LogP contribution in [0, 0.1) is 0 Å². The van der Waals surface area contributed by atoms with Crippen molar-refractivity contribution in [1.29, 1.82) is 0 Å². The average molecular weight is 589 g/mol. The molecule has 1 unspecified atom stereocenters. The number of aliphatic hydroxyl groups is 1. The van der Waals surface area contributed by atoms with E-state index in [-0.39, 0.29) is 18.6 Å². The molecule has 43 heavy (non-hydrogen) atoms. The van der Waals surface area contributed by atoms with Gasteiger partial charge in [0.05, 0.1) is 35.9 Å². The fourth-order valence-electron chi connectivity index (χ4n) is 5.19. The second-order valence-electron chi connectivity index (χ2n) is 10.4. The van der Waals surface area contributed by atoms with Crippen molar-refractivity contribution in [2.75, 3.05) is 55.6 Å². The monoisotopic (exact) mass is 588 g/mol. The zero-order chi connectivity index (χ0) is 30.8. The van der Waals surface area contributed by atoms with E-state index in [0.717, 1.165) is 53.8 Å². The van der Waals surface area contributed by atoms with E-state index in [0.29, 0.717) is 42.6 Å². The third kappa shape index (κ3) is 7.94. The summed E-state index contributed by atoms with van der Waals surface area (Å²) < 4.78 is 7.68. The van der Waals surface area contributed by atoms with E-state index in [2.05, 4.69) is 74.9 Å². The number of nitrogens with zero attached hydrogens (tertiary/aromatic N) is 4. The van der Waals surface area contributed by atoms with Crippen molar-refractivity contribution in [1.82, 2.24) is 20.4 Å². The summed E-state index contributed by atoms with van der Waals surface area (Å²) >= 11 is 0. The van der Waals surface area contributed by atoms with E-state index in [4.69, 9.17) is 4.74 Å². The van der Waals surface area contributed by atoms with E-state index in [9.17, 15) is 9.90 Å². The summed E-state index contributed by atoms with van der Waals surface area (Å²) in [5.74, 6) is 0.990. The van der Waals surface area contributed by atoms with Crippen molar-refractivity contribution in [3.63, 3.8) is 0 Å². The van der Waals surface area contributed by atoms with Crippen molar-refractivity contribution in [2.24, 2.45) is 12.0 Å². The molecule has 0 aliphatic carbocycles. The summed E-state index contributed by atoms with van der Waals surface area (Å²) in [7, 11) is 3.56. The minimum Gasteiger partial charge on any atom is -0.494 e. The third-order valence-electron chi connectivity index (χ3n) is 7.50. The fourth-order valence-corrected chi connectivity index (χ4v) is 5.19. The Balaban J connectivity index is 1.62. The number of amides is 1. The van der Waals surface area contributed by atoms with Crippen molar-refractivity contribution in [2.45, 2.75) is 39.2 Å². The van der Waals surface area contributed by atoms with Gasteiger partial charge in [-0.1, -0.05) is 26.5 Å². The van der Waals surface area contributed by atoms with Crippen molar-refractivity contribution >= 4 is 45.4 Å². The number of carbonyl (C=O) groups excluding carboxylic acids is 1. The molecule has 230 valence electrons. The van der Waals surface area contributed by atoms with Crippen molar-refractivity contribution in [3.8, 4) is 5.75 Å². The first-order valence-corrected chi connectivity index (χ1v) is 14.8. The molecule has 2 heterocycles. The number of rotatable bonds is 15. The number of carbonyl (C=O) groups is 1. The lowest BCUT2D eigenvalue weighted by molar-refractivity contribution is -0.111. The van der Waals surface area contributed by atoms with Gasteiger partial charge in [-0.15, -0.1) is 0 Å². The summed E-state index contributed by atoms with van der Waals surface area (Å²) in [4.78, 5) is 19.4. The van der Waals surface area contributed by atoms with Gasteiger partial charge in [-0.05, 0) is 49.1 Å². The molecule has 11 nitrogen and oxygen atoms in total. The Hall–Kier alpha value is -4.35. The molecule has 0 bridgehead atoms. The molecule has 3 aromatic rings. The molecule has 4 rings (SSSR count). The number of nitrogens with one attached hydrogen (secondary N) is 4. The van der Waals surface area contributed by atoms with Gasteiger partial charge >= 0.3 is 0 Å². The Morgan fingerprint density at radius 2 is 2.09 bits per heavy atom. The van der Waals surface area contributed by atoms with Crippen LogP contribution in [0.4, 0.5) is 17.1 Å². The first-order valence-electron chi connectivity index (χ1n) is 14.8. The first-order chi connectivity index (χ1) is 20.9. The Bertz CT molecular complexity index is 1480. The molecule has 1 aliphatic heterocycles. The van der Waals surface area contributed by atoms with E-state index < -0.39 is 0 Å². The van der Waals surface area contributed by atoms with Crippen LogP contribution in [0.5, 0.6) is 5.75 Å². The van der Waals surface area contributed by atoms with Gasteiger partial charge in [-0.25, -0.2) is 4.99 Å². The number of aliphatic hydroxyl groups excluding tert-OH is 1. The Morgan fingerprint density at radius 3 is 2.81 bits per heavy atom.